The second-order valence-electron chi connectivity index (χ2n) is 20.7. The van der Waals surface area contributed by atoms with Crippen LogP contribution in [0.25, 0.3) is 0 Å². The summed E-state index contributed by atoms with van der Waals surface area (Å²) >= 11 is 0. The number of hydrogen-bond donors (Lipinski definition) is 5. The van der Waals surface area contributed by atoms with Crippen molar-refractivity contribution < 1.29 is 62.2 Å². The highest BCUT2D eigenvalue weighted by molar-refractivity contribution is 7.46. The molecule has 5 aliphatic carbocycles. The summed E-state index contributed by atoms with van der Waals surface area (Å²) in [7, 11) is -4.96. The first kappa shape index (κ1) is 47.2. The Morgan fingerprint density at radius 3 is 2.45 bits per heavy atom. The summed E-state index contributed by atoms with van der Waals surface area (Å²) in [5, 5.41) is 26.6. The van der Waals surface area contributed by atoms with E-state index in [1.807, 2.05) is 40.7 Å². The largest absolute Gasteiger partial charge is 0.524 e. The van der Waals surface area contributed by atoms with E-state index in [0.29, 0.717) is 37.1 Å². The van der Waals surface area contributed by atoms with E-state index in [0.717, 1.165) is 50.5 Å². The normalized spacial score (nSPS) is 34.1. The van der Waals surface area contributed by atoms with E-state index in [2.05, 4.69) is 19.2 Å². The average Bonchev–Trinajstić information content (AvgIpc) is 3.72. The minimum absolute atomic E-state index is 0.0233. The molecule has 62 heavy (non-hydrogen) atoms. The second kappa shape index (κ2) is 17.5. The number of likely N-dealkylation sites (N-methyl/N-ethyl adjacent to an activating group) is 1. The fourth-order valence-corrected chi connectivity index (χ4v) is 13.0. The maximum atomic E-state index is 15.1. The van der Waals surface area contributed by atoms with Gasteiger partial charge in [-0.25, -0.2) is 9.36 Å². The van der Waals surface area contributed by atoms with E-state index >= 15 is 4.79 Å². The molecule has 1 aliphatic heterocycles. The fourth-order valence-electron chi connectivity index (χ4n) is 12.5. The number of ether oxygens (including phenoxy) is 3. The van der Waals surface area contributed by atoms with E-state index in [1.165, 1.54) is 6.07 Å². The molecular weight excluding hydrogens is 815 g/mol. The Hall–Kier alpha value is -2.78. The van der Waals surface area contributed by atoms with Gasteiger partial charge in [0.05, 0.1) is 31.4 Å². The first-order chi connectivity index (χ1) is 29.1. The molecule has 0 spiro atoms. The highest BCUT2D eigenvalue weighted by atomic mass is 31.2. The van der Waals surface area contributed by atoms with Crippen molar-refractivity contribution in [2.24, 2.45) is 34.5 Å². The lowest BCUT2D eigenvalue weighted by Gasteiger charge is -2.59. The molecule has 1 aromatic rings. The molecule has 1 unspecified atom stereocenters. The molecule has 0 aromatic heterocycles. The highest BCUT2D eigenvalue weighted by Gasteiger charge is 2.76. The Morgan fingerprint density at radius 2 is 1.79 bits per heavy atom. The first-order valence-electron chi connectivity index (χ1n) is 22.9. The van der Waals surface area contributed by atoms with Crippen molar-refractivity contribution in [1.82, 2.24) is 5.32 Å². The van der Waals surface area contributed by atoms with Crippen LogP contribution in [0.15, 0.2) is 42.0 Å². The number of nitrogens with zero attached hydrogens (tertiary/aromatic N) is 1. The maximum Gasteiger partial charge on any atom is 0.524 e. The number of nitrogens with one attached hydrogen (secondary N) is 1. The SMILES string of the molecule is CC[N+](CC)(CC(=O)OCC(=O)[C@@]12O[C@H](C3CCCCC3)O[C@@H]1C[C@H]1[C@@H]3CCC4=CC(=O)C=C[C@]4(C)[C@H]3[C@@H](O)C[C@@]12C)Cc1cc(C(O)CNC(C)(C)C)ccc1OP(=O)(O)O. The summed E-state index contributed by atoms with van der Waals surface area (Å²) in [6.07, 6.45) is 9.96. The second-order valence-corrected chi connectivity index (χ2v) is 21.8. The number of Topliss-reactive ketones (excluding diaryl/α,β-unsaturated/α-hetero) is 1. The van der Waals surface area contributed by atoms with Gasteiger partial charge in [-0.15, -0.1) is 0 Å². The van der Waals surface area contributed by atoms with Crippen molar-refractivity contribution in [3.05, 3.63) is 53.1 Å². The Balaban J connectivity index is 1.12. The Morgan fingerprint density at radius 1 is 1.08 bits per heavy atom. The lowest BCUT2D eigenvalue weighted by Crippen LogP contribution is -2.64. The van der Waals surface area contributed by atoms with Gasteiger partial charge in [0.15, 0.2) is 30.8 Å². The summed E-state index contributed by atoms with van der Waals surface area (Å²) in [4.78, 5) is 61.0. The lowest BCUT2D eigenvalue weighted by atomic mass is 9.46. The number of quaternary nitrogens is 1. The molecule has 5 N–H and O–H groups in total. The summed E-state index contributed by atoms with van der Waals surface area (Å²) in [5.74, 6) is -1.07. The van der Waals surface area contributed by atoms with Gasteiger partial charge in [0.1, 0.15) is 12.3 Å². The van der Waals surface area contributed by atoms with Gasteiger partial charge in [0.25, 0.3) is 0 Å². The number of hydrogen-bond acceptors (Lipinski definition) is 11. The van der Waals surface area contributed by atoms with Gasteiger partial charge in [-0.05, 0) is 115 Å². The molecule has 344 valence electrons. The quantitative estimate of drug-likeness (QED) is 0.0782. The van der Waals surface area contributed by atoms with Crippen LogP contribution in [-0.2, 0) is 39.7 Å². The number of β-amino-alcohol motifs (C(OH)–C–C–N with tert-alkyl or cyclic N) is 1. The van der Waals surface area contributed by atoms with Crippen molar-refractivity contribution in [1.29, 1.82) is 0 Å². The number of aliphatic hydroxyl groups excluding tert-OH is 2. The number of carbonyl (C=O) groups is 3. The molecular formula is C47H70N2O12P+. The van der Waals surface area contributed by atoms with E-state index in [1.54, 1.807) is 24.3 Å². The Labute approximate surface area is 366 Å². The number of esters is 1. The Kier molecular flexibility index (Phi) is 13.4. The van der Waals surface area contributed by atoms with Crippen LogP contribution < -0.4 is 9.84 Å². The molecule has 1 heterocycles. The predicted molar refractivity (Wildman–Crippen MR) is 230 cm³/mol. The van der Waals surface area contributed by atoms with Crippen molar-refractivity contribution in [2.75, 3.05) is 32.8 Å². The molecule has 1 saturated heterocycles. The average molecular weight is 886 g/mol. The fraction of sp³-hybridized carbons (Fsp3) is 0.723. The molecule has 5 fully saturated rings. The van der Waals surface area contributed by atoms with Crippen LogP contribution >= 0.6 is 7.82 Å². The van der Waals surface area contributed by atoms with E-state index < -0.39 is 61.4 Å². The summed E-state index contributed by atoms with van der Waals surface area (Å²) in [5.41, 5.74) is -1.05. The molecule has 6 aliphatic rings. The van der Waals surface area contributed by atoms with Crippen LogP contribution in [0.1, 0.15) is 123 Å². The number of benzene rings is 1. The number of phosphoric acid groups is 1. The number of rotatable bonds is 15. The van der Waals surface area contributed by atoms with E-state index in [4.69, 9.17) is 18.7 Å². The molecule has 4 saturated carbocycles. The van der Waals surface area contributed by atoms with Crippen LogP contribution in [-0.4, -0.2) is 104 Å². The number of ketones is 2. The van der Waals surface area contributed by atoms with Crippen LogP contribution in [0.4, 0.5) is 0 Å². The number of carbonyl (C=O) groups excluding carboxylic acids is 3. The van der Waals surface area contributed by atoms with Crippen LogP contribution in [0.5, 0.6) is 5.75 Å². The summed E-state index contributed by atoms with van der Waals surface area (Å²) in [6, 6.07) is 4.64. The van der Waals surface area contributed by atoms with Gasteiger partial charge < -0.3 is 38.7 Å². The van der Waals surface area contributed by atoms with Crippen LogP contribution in [0.2, 0.25) is 0 Å². The number of allylic oxidation sites excluding steroid dienone is 4. The highest BCUT2D eigenvalue weighted by Crippen LogP contribution is 2.70. The molecule has 0 amide bonds. The lowest BCUT2D eigenvalue weighted by molar-refractivity contribution is -0.931. The molecule has 14 nitrogen and oxygen atoms in total. The maximum absolute atomic E-state index is 15.1. The number of aliphatic hydroxyl groups is 2. The Bertz CT molecular complexity index is 1980. The zero-order valence-electron chi connectivity index (χ0n) is 37.6. The predicted octanol–water partition coefficient (Wildman–Crippen LogP) is 6.00. The zero-order chi connectivity index (χ0) is 45.0. The molecule has 0 bridgehead atoms. The molecule has 1 aromatic carbocycles. The van der Waals surface area contributed by atoms with Crippen molar-refractivity contribution in [3.63, 3.8) is 0 Å². The van der Waals surface area contributed by atoms with Crippen LogP contribution in [0, 0.1) is 34.5 Å². The topological polar surface area (TPSA) is 198 Å². The van der Waals surface area contributed by atoms with Gasteiger partial charge in [0, 0.05) is 40.3 Å². The van der Waals surface area contributed by atoms with Gasteiger partial charge >= 0.3 is 13.8 Å². The molecule has 15 heteroatoms. The van der Waals surface area contributed by atoms with E-state index in [9.17, 15) is 34.2 Å². The molecule has 0 radical (unpaired) electrons. The zero-order valence-corrected chi connectivity index (χ0v) is 38.5. The summed E-state index contributed by atoms with van der Waals surface area (Å²) in [6.45, 7) is 14.4. The van der Waals surface area contributed by atoms with Gasteiger partial charge in [-0.2, -0.15) is 0 Å². The third kappa shape index (κ3) is 8.94. The molecule has 10 atom stereocenters. The van der Waals surface area contributed by atoms with Gasteiger partial charge in [-0.1, -0.05) is 50.8 Å². The van der Waals surface area contributed by atoms with Crippen molar-refractivity contribution >= 4 is 25.4 Å². The van der Waals surface area contributed by atoms with Crippen LogP contribution in [0.3, 0.4) is 0 Å². The first-order valence-corrected chi connectivity index (χ1v) is 24.4. The monoisotopic (exact) mass is 885 g/mol. The van der Waals surface area contributed by atoms with Crippen molar-refractivity contribution in [3.8, 4) is 5.75 Å². The minimum atomic E-state index is -4.96. The third-order valence-corrected chi connectivity index (χ3v) is 16.3. The third-order valence-electron chi connectivity index (χ3n) is 15.9. The molecule has 7 rings (SSSR count). The van der Waals surface area contributed by atoms with Gasteiger partial charge in [-0.3, -0.25) is 19.4 Å². The number of phosphoric ester groups is 1. The van der Waals surface area contributed by atoms with Gasteiger partial charge in [0.2, 0.25) is 5.78 Å². The standard InChI is InChI=1S/C47H69N2O12P/c1-8-49(9-2,26-31-21-30(37(52)25-48-44(3,4)5)15-18-38(31)61-62(55,56)57)27-41(54)58-28-39(53)47-40(59-43(60-47)29-13-11-10-12-14-29)23-35-34-17-16-32-22-33(50)19-20-45(32,6)42(34)36(51)24-46(35,47)7/h15,18-22,29,34-37,40,42-43,48,51-52H,8-14,16-17,23-28H2,1-7H3,(H-,55,56,57)/p+1/t34-,35-,36-,37?,40+,42+,43+,45-,46-,47+/m0/s1. The summed E-state index contributed by atoms with van der Waals surface area (Å²) < 4.78 is 37.1. The smallest absolute Gasteiger partial charge is 0.453 e. The minimum Gasteiger partial charge on any atom is -0.453 e. The van der Waals surface area contributed by atoms with Crippen molar-refractivity contribution in [2.45, 2.75) is 149 Å². The van der Waals surface area contributed by atoms with E-state index in [-0.39, 0.29) is 70.6 Å². The number of fused-ring (bicyclic) bond motifs is 7.